The SMILES string of the molecule is CCOC(=O)C(F)CC(C(=O)c1ccccc1)c1ccc(Cl)cc1. The fourth-order valence-electron chi connectivity index (χ4n) is 2.43. The maximum Gasteiger partial charge on any atom is 0.340 e. The molecule has 2 atom stereocenters. The van der Waals surface area contributed by atoms with Gasteiger partial charge in [-0.2, -0.15) is 0 Å². The van der Waals surface area contributed by atoms with Crippen molar-refractivity contribution in [3.05, 3.63) is 70.7 Å². The molecule has 5 heteroatoms. The van der Waals surface area contributed by atoms with Crippen LogP contribution in [0.5, 0.6) is 0 Å². The molecular weight excluding hydrogens is 331 g/mol. The monoisotopic (exact) mass is 348 g/mol. The molecule has 0 bridgehead atoms. The summed E-state index contributed by atoms with van der Waals surface area (Å²) in [4.78, 5) is 24.4. The molecule has 0 aromatic heterocycles. The van der Waals surface area contributed by atoms with Gasteiger partial charge in [-0.15, -0.1) is 0 Å². The van der Waals surface area contributed by atoms with Crippen molar-refractivity contribution < 1.29 is 18.7 Å². The Morgan fingerprint density at radius 3 is 2.29 bits per heavy atom. The van der Waals surface area contributed by atoms with Crippen LogP contribution in [0.2, 0.25) is 5.02 Å². The van der Waals surface area contributed by atoms with Crippen molar-refractivity contribution in [2.24, 2.45) is 0 Å². The van der Waals surface area contributed by atoms with E-state index in [9.17, 15) is 14.0 Å². The van der Waals surface area contributed by atoms with E-state index in [4.69, 9.17) is 16.3 Å². The summed E-state index contributed by atoms with van der Waals surface area (Å²) in [5, 5.41) is 0.520. The number of alkyl halides is 1. The number of benzene rings is 2. The summed E-state index contributed by atoms with van der Waals surface area (Å²) < 4.78 is 18.9. The van der Waals surface area contributed by atoms with Gasteiger partial charge < -0.3 is 4.74 Å². The standard InChI is InChI=1S/C19H18ClFO3/c1-2-24-19(23)17(21)12-16(13-8-10-15(20)11-9-13)18(22)14-6-4-3-5-7-14/h3-11,16-17H,2,12H2,1H3. The Hall–Kier alpha value is -2.20. The number of hydrogen-bond donors (Lipinski definition) is 0. The lowest BCUT2D eigenvalue weighted by molar-refractivity contribution is -0.149. The van der Waals surface area contributed by atoms with Crippen LogP contribution in [-0.2, 0) is 9.53 Å². The normalized spacial score (nSPS) is 13.1. The second kappa shape index (κ2) is 8.60. The Morgan fingerprint density at radius 1 is 1.08 bits per heavy atom. The minimum absolute atomic E-state index is 0.0947. The zero-order valence-corrected chi connectivity index (χ0v) is 14.0. The third-order valence-electron chi connectivity index (χ3n) is 3.63. The Morgan fingerprint density at radius 2 is 1.71 bits per heavy atom. The van der Waals surface area contributed by atoms with Crippen molar-refractivity contribution in [2.75, 3.05) is 6.61 Å². The van der Waals surface area contributed by atoms with E-state index in [1.165, 1.54) is 0 Å². The summed E-state index contributed by atoms with van der Waals surface area (Å²) in [7, 11) is 0. The van der Waals surface area contributed by atoms with Gasteiger partial charge in [-0.1, -0.05) is 54.1 Å². The second-order valence-corrected chi connectivity index (χ2v) is 5.73. The summed E-state index contributed by atoms with van der Waals surface area (Å²) in [5.74, 6) is -1.98. The van der Waals surface area contributed by atoms with Crippen LogP contribution in [-0.4, -0.2) is 24.5 Å². The quantitative estimate of drug-likeness (QED) is 0.542. The fourth-order valence-corrected chi connectivity index (χ4v) is 2.56. The molecule has 0 spiro atoms. The molecule has 126 valence electrons. The van der Waals surface area contributed by atoms with Crippen molar-refractivity contribution in [1.82, 2.24) is 0 Å². The molecule has 2 rings (SSSR count). The number of esters is 1. The van der Waals surface area contributed by atoms with Crippen molar-refractivity contribution in [1.29, 1.82) is 0 Å². The summed E-state index contributed by atoms with van der Waals surface area (Å²) >= 11 is 5.88. The molecule has 2 aromatic carbocycles. The van der Waals surface area contributed by atoms with Crippen LogP contribution in [0, 0.1) is 0 Å². The van der Waals surface area contributed by atoms with Crippen molar-refractivity contribution >= 4 is 23.4 Å². The minimum atomic E-state index is -1.86. The van der Waals surface area contributed by atoms with E-state index < -0.39 is 18.1 Å². The van der Waals surface area contributed by atoms with Crippen LogP contribution >= 0.6 is 11.6 Å². The average molecular weight is 349 g/mol. The van der Waals surface area contributed by atoms with Crippen LogP contribution in [0.4, 0.5) is 4.39 Å². The third-order valence-corrected chi connectivity index (χ3v) is 3.88. The number of carbonyl (C=O) groups is 2. The van der Waals surface area contributed by atoms with Crippen molar-refractivity contribution in [3.63, 3.8) is 0 Å². The second-order valence-electron chi connectivity index (χ2n) is 5.29. The third kappa shape index (κ3) is 4.65. The first-order valence-electron chi connectivity index (χ1n) is 7.68. The summed E-state index contributed by atoms with van der Waals surface area (Å²) in [6.07, 6.45) is -2.13. The molecule has 0 saturated carbocycles. The Kier molecular flexibility index (Phi) is 6.50. The number of rotatable bonds is 7. The summed E-state index contributed by atoms with van der Waals surface area (Å²) in [6, 6.07) is 15.2. The Bertz CT molecular complexity index is 686. The molecule has 0 saturated heterocycles. The van der Waals surface area contributed by atoms with Gasteiger partial charge in [0.2, 0.25) is 0 Å². The topological polar surface area (TPSA) is 43.4 Å². The number of carbonyl (C=O) groups excluding carboxylic acids is 2. The van der Waals surface area contributed by atoms with Crippen molar-refractivity contribution in [2.45, 2.75) is 25.4 Å². The van der Waals surface area contributed by atoms with E-state index in [-0.39, 0.29) is 18.8 Å². The number of ketones is 1. The van der Waals surface area contributed by atoms with Crippen LogP contribution in [0.25, 0.3) is 0 Å². The first kappa shape index (κ1) is 18.1. The molecular formula is C19H18ClFO3. The molecule has 0 radical (unpaired) electrons. The molecule has 0 fully saturated rings. The van der Waals surface area contributed by atoms with Gasteiger partial charge in [0.15, 0.2) is 12.0 Å². The van der Waals surface area contributed by atoms with E-state index in [1.807, 2.05) is 0 Å². The van der Waals surface area contributed by atoms with Crippen LogP contribution < -0.4 is 0 Å². The van der Waals surface area contributed by atoms with E-state index in [1.54, 1.807) is 61.5 Å². The molecule has 0 aliphatic heterocycles. The van der Waals surface area contributed by atoms with Crippen LogP contribution in [0.3, 0.4) is 0 Å². The predicted molar refractivity (Wildman–Crippen MR) is 91.1 cm³/mol. The smallest absolute Gasteiger partial charge is 0.340 e. The molecule has 2 unspecified atom stereocenters. The number of Topliss-reactive ketones (excluding diaryl/α,β-unsaturated/α-hetero) is 1. The zero-order valence-electron chi connectivity index (χ0n) is 13.2. The van der Waals surface area contributed by atoms with Gasteiger partial charge in [-0.05, 0) is 24.6 Å². The van der Waals surface area contributed by atoms with E-state index in [2.05, 4.69) is 0 Å². The summed E-state index contributed by atoms with van der Waals surface area (Å²) in [5.41, 5.74) is 1.08. The molecule has 2 aromatic rings. The van der Waals surface area contributed by atoms with Gasteiger partial charge in [0.1, 0.15) is 0 Å². The van der Waals surface area contributed by atoms with Crippen molar-refractivity contribution in [3.8, 4) is 0 Å². The highest BCUT2D eigenvalue weighted by Crippen LogP contribution is 2.28. The summed E-state index contributed by atoms with van der Waals surface area (Å²) in [6.45, 7) is 1.70. The van der Waals surface area contributed by atoms with Gasteiger partial charge in [-0.25, -0.2) is 9.18 Å². The van der Waals surface area contributed by atoms with Gasteiger partial charge in [0, 0.05) is 17.0 Å². The maximum atomic E-state index is 14.2. The van der Waals surface area contributed by atoms with Gasteiger partial charge in [0.25, 0.3) is 0 Å². The highest BCUT2D eigenvalue weighted by atomic mass is 35.5. The molecule has 24 heavy (non-hydrogen) atoms. The van der Waals surface area contributed by atoms with E-state index in [0.717, 1.165) is 0 Å². The number of ether oxygens (including phenoxy) is 1. The lowest BCUT2D eigenvalue weighted by Gasteiger charge is -2.18. The Labute approximate surface area is 145 Å². The predicted octanol–water partition coefficient (Wildman–Crippen LogP) is 4.60. The first-order chi connectivity index (χ1) is 11.5. The van der Waals surface area contributed by atoms with Crippen LogP contribution in [0.1, 0.15) is 35.2 Å². The molecule has 0 N–H and O–H groups in total. The van der Waals surface area contributed by atoms with Gasteiger partial charge in [0.05, 0.1) is 12.5 Å². The maximum absolute atomic E-state index is 14.2. The van der Waals surface area contributed by atoms with E-state index in [0.29, 0.717) is 16.1 Å². The Balaban J connectivity index is 2.29. The van der Waals surface area contributed by atoms with Crippen LogP contribution in [0.15, 0.2) is 54.6 Å². The molecule has 0 amide bonds. The highest BCUT2D eigenvalue weighted by molar-refractivity contribution is 6.30. The molecule has 0 aliphatic carbocycles. The minimum Gasteiger partial charge on any atom is -0.464 e. The lowest BCUT2D eigenvalue weighted by Crippen LogP contribution is -2.25. The lowest BCUT2D eigenvalue weighted by atomic mass is 9.86. The average Bonchev–Trinajstić information content (AvgIpc) is 2.60. The van der Waals surface area contributed by atoms with Gasteiger partial charge >= 0.3 is 5.97 Å². The fraction of sp³-hybridized carbons (Fsp3) is 0.263. The number of hydrogen-bond acceptors (Lipinski definition) is 3. The molecule has 0 heterocycles. The number of halogens is 2. The van der Waals surface area contributed by atoms with Gasteiger partial charge in [-0.3, -0.25) is 4.79 Å². The first-order valence-corrected chi connectivity index (χ1v) is 8.06. The molecule has 3 nitrogen and oxygen atoms in total. The van der Waals surface area contributed by atoms with E-state index >= 15 is 0 Å². The highest BCUT2D eigenvalue weighted by Gasteiger charge is 2.30. The zero-order chi connectivity index (χ0) is 17.5. The molecule has 0 aliphatic rings. The largest absolute Gasteiger partial charge is 0.464 e.